The lowest BCUT2D eigenvalue weighted by atomic mass is 9.79. The number of hydrogen-bond acceptors (Lipinski definition) is 6. The fourth-order valence-corrected chi connectivity index (χ4v) is 3.54. The van der Waals surface area contributed by atoms with Crippen molar-refractivity contribution >= 4 is 58.1 Å². The Balaban J connectivity index is 0.00000240. The standard InChI is InChI=1S/C19H18Cl2FN5O.ClH/c1-19(7-23-8-19)6-13-14(28-2)5-12-17(26-13)18(25-9-24-12)27-11-4-3-10(20)15(21)16(11)22;/h3-5,9,23H,6-8H2,1-2H3,(H,24,25,27);1H. The Morgan fingerprint density at radius 3 is 2.69 bits per heavy atom. The first-order valence-corrected chi connectivity index (χ1v) is 9.46. The van der Waals surface area contributed by atoms with Gasteiger partial charge in [0.1, 0.15) is 17.6 Å². The summed E-state index contributed by atoms with van der Waals surface area (Å²) in [7, 11) is 1.61. The molecule has 10 heteroatoms. The van der Waals surface area contributed by atoms with Crippen molar-refractivity contribution in [2.45, 2.75) is 13.3 Å². The van der Waals surface area contributed by atoms with Gasteiger partial charge in [0, 0.05) is 25.6 Å². The third-order valence-electron chi connectivity index (χ3n) is 4.86. The van der Waals surface area contributed by atoms with Crippen LogP contribution >= 0.6 is 35.6 Å². The topological polar surface area (TPSA) is 72.0 Å². The average Bonchev–Trinajstić information content (AvgIpc) is 2.67. The molecule has 1 aromatic carbocycles. The van der Waals surface area contributed by atoms with Gasteiger partial charge in [0.25, 0.3) is 0 Å². The summed E-state index contributed by atoms with van der Waals surface area (Å²) in [5, 5.41) is 6.24. The minimum absolute atomic E-state index is 0. The number of pyridine rings is 1. The summed E-state index contributed by atoms with van der Waals surface area (Å²) in [4.78, 5) is 13.3. The van der Waals surface area contributed by atoms with Crippen LogP contribution in [0.1, 0.15) is 12.6 Å². The van der Waals surface area contributed by atoms with E-state index in [0.717, 1.165) is 25.2 Å². The zero-order chi connectivity index (χ0) is 19.9. The molecule has 3 aromatic rings. The first kappa shape index (κ1) is 21.8. The smallest absolute Gasteiger partial charge is 0.166 e. The molecule has 1 aliphatic heterocycles. The van der Waals surface area contributed by atoms with Gasteiger partial charge in [0.15, 0.2) is 11.6 Å². The molecular formula is C19H19Cl3FN5O. The van der Waals surface area contributed by atoms with Crippen LogP contribution < -0.4 is 15.4 Å². The Morgan fingerprint density at radius 1 is 1.28 bits per heavy atom. The zero-order valence-electron chi connectivity index (χ0n) is 15.7. The van der Waals surface area contributed by atoms with E-state index in [9.17, 15) is 4.39 Å². The monoisotopic (exact) mass is 457 g/mol. The molecule has 2 aromatic heterocycles. The second-order valence-electron chi connectivity index (χ2n) is 7.17. The van der Waals surface area contributed by atoms with Gasteiger partial charge in [-0.25, -0.2) is 19.3 Å². The molecule has 154 valence electrons. The van der Waals surface area contributed by atoms with E-state index in [-0.39, 0.29) is 33.6 Å². The van der Waals surface area contributed by atoms with Crippen LogP contribution in [0.15, 0.2) is 24.5 Å². The van der Waals surface area contributed by atoms with Crippen LogP contribution in [0.3, 0.4) is 0 Å². The second kappa shape index (κ2) is 8.44. The number of aromatic nitrogens is 3. The minimum Gasteiger partial charge on any atom is -0.495 e. The van der Waals surface area contributed by atoms with Crippen molar-refractivity contribution < 1.29 is 9.13 Å². The highest BCUT2D eigenvalue weighted by Crippen LogP contribution is 2.35. The van der Waals surface area contributed by atoms with E-state index in [1.165, 1.54) is 18.5 Å². The van der Waals surface area contributed by atoms with Crippen molar-refractivity contribution in [2.24, 2.45) is 5.41 Å². The molecule has 1 aliphatic rings. The first-order valence-electron chi connectivity index (χ1n) is 8.70. The Bertz CT molecular complexity index is 1060. The van der Waals surface area contributed by atoms with Gasteiger partial charge in [-0.05, 0) is 17.5 Å². The lowest BCUT2D eigenvalue weighted by Crippen LogP contribution is -2.52. The molecule has 0 unspecified atom stereocenters. The molecule has 1 fully saturated rings. The van der Waals surface area contributed by atoms with E-state index in [4.69, 9.17) is 32.9 Å². The number of halogens is 4. The van der Waals surface area contributed by atoms with Crippen LogP contribution in [0.2, 0.25) is 10.0 Å². The number of methoxy groups -OCH3 is 1. The van der Waals surface area contributed by atoms with Crippen LogP contribution in [0.5, 0.6) is 5.75 Å². The van der Waals surface area contributed by atoms with Crippen LogP contribution in [0.25, 0.3) is 11.0 Å². The summed E-state index contributed by atoms with van der Waals surface area (Å²) in [6, 6.07) is 4.85. The largest absolute Gasteiger partial charge is 0.495 e. The molecule has 29 heavy (non-hydrogen) atoms. The van der Waals surface area contributed by atoms with Gasteiger partial charge >= 0.3 is 0 Å². The lowest BCUT2D eigenvalue weighted by Gasteiger charge is -2.39. The molecule has 0 amide bonds. The van der Waals surface area contributed by atoms with E-state index >= 15 is 0 Å². The second-order valence-corrected chi connectivity index (χ2v) is 7.95. The molecule has 0 radical (unpaired) electrons. The van der Waals surface area contributed by atoms with Gasteiger partial charge in [-0.15, -0.1) is 12.4 Å². The zero-order valence-corrected chi connectivity index (χ0v) is 18.1. The maximum atomic E-state index is 14.5. The quantitative estimate of drug-likeness (QED) is 0.535. The van der Waals surface area contributed by atoms with E-state index in [2.05, 4.69) is 27.5 Å². The van der Waals surface area contributed by atoms with E-state index in [0.29, 0.717) is 22.6 Å². The minimum atomic E-state index is -0.650. The molecule has 1 saturated heterocycles. The fourth-order valence-electron chi connectivity index (χ4n) is 3.23. The van der Waals surface area contributed by atoms with Gasteiger partial charge in [-0.3, -0.25) is 0 Å². The summed E-state index contributed by atoms with van der Waals surface area (Å²) < 4.78 is 20.0. The number of nitrogens with one attached hydrogen (secondary N) is 2. The van der Waals surface area contributed by atoms with Gasteiger partial charge in [0.05, 0.1) is 34.1 Å². The molecule has 0 atom stereocenters. The van der Waals surface area contributed by atoms with Crippen molar-refractivity contribution in [3.63, 3.8) is 0 Å². The molecule has 2 N–H and O–H groups in total. The number of anilines is 2. The van der Waals surface area contributed by atoms with Crippen LogP contribution in [0.4, 0.5) is 15.9 Å². The third kappa shape index (κ3) is 4.19. The summed E-state index contributed by atoms with van der Waals surface area (Å²) in [5.74, 6) is 0.400. The normalized spacial score (nSPS) is 14.8. The molecule has 0 bridgehead atoms. The van der Waals surface area contributed by atoms with Crippen molar-refractivity contribution in [2.75, 3.05) is 25.5 Å². The lowest BCUT2D eigenvalue weighted by molar-refractivity contribution is 0.192. The summed E-state index contributed by atoms with van der Waals surface area (Å²) in [6.07, 6.45) is 2.13. The molecule has 0 spiro atoms. The average molecular weight is 459 g/mol. The van der Waals surface area contributed by atoms with Crippen molar-refractivity contribution in [3.8, 4) is 5.75 Å². The van der Waals surface area contributed by atoms with Gasteiger partial charge in [0.2, 0.25) is 0 Å². The third-order valence-corrected chi connectivity index (χ3v) is 5.64. The molecular weight excluding hydrogens is 440 g/mol. The number of hydrogen-bond donors (Lipinski definition) is 2. The van der Waals surface area contributed by atoms with Crippen LogP contribution in [-0.4, -0.2) is 35.2 Å². The number of fused-ring (bicyclic) bond motifs is 1. The summed E-state index contributed by atoms with van der Waals surface area (Å²) >= 11 is 11.8. The highest BCUT2D eigenvalue weighted by molar-refractivity contribution is 6.42. The Kier molecular flexibility index (Phi) is 6.33. The Labute approximate surface area is 183 Å². The number of benzene rings is 1. The first-order chi connectivity index (χ1) is 13.4. The van der Waals surface area contributed by atoms with Crippen LogP contribution in [-0.2, 0) is 6.42 Å². The number of rotatable bonds is 5. The number of nitrogens with zero attached hydrogens (tertiary/aromatic N) is 3. The Hall–Kier alpha value is -1.93. The summed E-state index contributed by atoms with van der Waals surface area (Å²) in [5.41, 5.74) is 2.21. The van der Waals surface area contributed by atoms with Gasteiger partial charge in [-0.1, -0.05) is 30.1 Å². The van der Waals surface area contributed by atoms with E-state index < -0.39 is 5.82 Å². The molecule has 3 heterocycles. The van der Waals surface area contributed by atoms with Crippen LogP contribution in [0, 0.1) is 11.2 Å². The number of ether oxygens (including phenoxy) is 1. The molecule has 0 saturated carbocycles. The van der Waals surface area contributed by atoms with E-state index in [1.807, 2.05) is 6.07 Å². The van der Waals surface area contributed by atoms with Gasteiger partial charge < -0.3 is 15.4 Å². The maximum absolute atomic E-state index is 14.5. The maximum Gasteiger partial charge on any atom is 0.166 e. The van der Waals surface area contributed by atoms with Crippen molar-refractivity contribution in [1.29, 1.82) is 0 Å². The van der Waals surface area contributed by atoms with E-state index in [1.54, 1.807) is 7.11 Å². The highest BCUT2D eigenvalue weighted by Gasteiger charge is 2.33. The fraction of sp³-hybridized carbons (Fsp3) is 0.316. The molecule has 0 aliphatic carbocycles. The summed E-state index contributed by atoms with van der Waals surface area (Å²) in [6.45, 7) is 4.03. The van der Waals surface area contributed by atoms with Crippen molar-refractivity contribution in [1.82, 2.24) is 20.3 Å². The van der Waals surface area contributed by atoms with Gasteiger partial charge in [-0.2, -0.15) is 0 Å². The predicted octanol–water partition coefficient (Wildman–Crippen LogP) is 4.80. The molecule has 4 rings (SSSR count). The Morgan fingerprint density at radius 2 is 2.03 bits per heavy atom. The predicted molar refractivity (Wildman–Crippen MR) is 116 cm³/mol. The van der Waals surface area contributed by atoms with Crippen molar-refractivity contribution in [3.05, 3.63) is 46.1 Å². The molecule has 6 nitrogen and oxygen atoms in total. The highest BCUT2D eigenvalue weighted by atomic mass is 35.5. The SMILES string of the molecule is COc1cc2ncnc(Nc3ccc(Cl)c(Cl)c3F)c2nc1CC1(C)CNC1.Cl.